The minimum atomic E-state index is -0.190. The minimum Gasteiger partial charge on any atom is -0.443 e. The zero-order valence-corrected chi connectivity index (χ0v) is 8.53. The van der Waals surface area contributed by atoms with Crippen molar-refractivity contribution in [2.45, 2.75) is 6.10 Å². The largest absolute Gasteiger partial charge is 0.443 e. The van der Waals surface area contributed by atoms with Gasteiger partial charge in [0.15, 0.2) is 0 Å². The quantitative estimate of drug-likeness (QED) is 0.641. The van der Waals surface area contributed by atoms with Crippen molar-refractivity contribution in [2.24, 2.45) is 0 Å². The molecule has 5 heteroatoms. The Kier molecular flexibility index (Phi) is 2.88. The van der Waals surface area contributed by atoms with Gasteiger partial charge in [0.1, 0.15) is 6.10 Å². The summed E-state index contributed by atoms with van der Waals surface area (Å²) >= 11 is 0. The minimum absolute atomic E-state index is 0.0607. The second-order valence-electron chi connectivity index (χ2n) is 3.94. The topological polar surface area (TPSA) is 44.8 Å². The van der Waals surface area contributed by atoms with Crippen molar-refractivity contribution in [3.05, 3.63) is 0 Å². The van der Waals surface area contributed by atoms with Crippen LogP contribution in [0.2, 0.25) is 0 Å². The Morgan fingerprint density at radius 1 is 1.50 bits per heavy atom. The summed E-state index contributed by atoms with van der Waals surface area (Å²) in [5.41, 5.74) is 0. The highest BCUT2D eigenvalue weighted by atomic mass is 16.6. The molecule has 1 N–H and O–H groups in total. The van der Waals surface area contributed by atoms with Gasteiger partial charge in [-0.3, -0.25) is 4.90 Å². The van der Waals surface area contributed by atoms with Crippen molar-refractivity contribution in [2.75, 3.05) is 46.3 Å². The van der Waals surface area contributed by atoms with E-state index in [4.69, 9.17) is 4.74 Å². The lowest BCUT2D eigenvalue weighted by Crippen LogP contribution is -2.46. The normalized spacial score (nSPS) is 29.4. The summed E-state index contributed by atoms with van der Waals surface area (Å²) in [5, 5.41) is 3.30. The van der Waals surface area contributed by atoms with Crippen LogP contribution in [0.25, 0.3) is 0 Å². The molecule has 2 aliphatic rings. The van der Waals surface area contributed by atoms with E-state index in [1.165, 1.54) is 0 Å². The number of hydrogen-bond acceptors (Lipinski definition) is 4. The average Bonchev–Trinajstić information content (AvgIpc) is 2.47. The van der Waals surface area contributed by atoms with Crippen LogP contribution < -0.4 is 5.32 Å². The van der Waals surface area contributed by atoms with Crippen LogP contribution >= 0.6 is 0 Å². The van der Waals surface area contributed by atoms with E-state index >= 15 is 0 Å². The fourth-order valence-corrected chi connectivity index (χ4v) is 1.93. The molecule has 1 amide bonds. The SMILES string of the molecule is CN1CC(CN2CCNCC2)OC1=O. The smallest absolute Gasteiger partial charge is 0.410 e. The molecular formula is C9H17N3O2. The number of ether oxygens (including phenoxy) is 1. The van der Waals surface area contributed by atoms with Crippen molar-refractivity contribution in [1.29, 1.82) is 0 Å². The Hall–Kier alpha value is -0.810. The van der Waals surface area contributed by atoms with Crippen molar-refractivity contribution in [1.82, 2.24) is 15.1 Å². The van der Waals surface area contributed by atoms with Gasteiger partial charge >= 0.3 is 6.09 Å². The lowest BCUT2D eigenvalue weighted by atomic mass is 10.3. The van der Waals surface area contributed by atoms with Crippen LogP contribution in [0, 0.1) is 0 Å². The van der Waals surface area contributed by atoms with Crippen LogP contribution in [0.3, 0.4) is 0 Å². The fourth-order valence-electron chi connectivity index (χ4n) is 1.93. The molecule has 0 aliphatic carbocycles. The lowest BCUT2D eigenvalue weighted by Gasteiger charge is -2.28. The maximum atomic E-state index is 11.1. The molecule has 14 heavy (non-hydrogen) atoms. The highest BCUT2D eigenvalue weighted by molar-refractivity contribution is 5.69. The molecule has 2 heterocycles. The number of carbonyl (C=O) groups is 1. The van der Waals surface area contributed by atoms with Crippen molar-refractivity contribution in [3.63, 3.8) is 0 Å². The van der Waals surface area contributed by atoms with Crippen molar-refractivity contribution < 1.29 is 9.53 Å². The van der Waals surface area contributed by atoms with Crippen LogP contribution in [0.1, 0.15) is 0 Å². The molecule has 5 nitrogen and oxygen atoms in total. The average molecular weight is 199 g/mol. The standard InChI is InChI=1S/C9H17N3O2/c1-11-6-8(14-9(11)13)7-12-4-2-10-3-5-12/h8,10H,2-7H2,1H3. The number of rotatable bonds is 2. The van der Waals surface area contributed by atoms with Gasteiger partial charge in [-0.15, -0.1) is 0 Å². The molecule has 2 saturated heterocycles. The van der Waals surface area contributed by atoms with E-state index in [0.717, 1.165) is 39.3 Å². The van der Waals surface area contributed by atoms with Gasteiger partial charge in [0, 0.05) is 39.8 Å². The third-order valence-corrected chi connectivity index (χ3v) is 2.73. The highest BCUT2D eigenvalue weighted by Gasteiger charge is 2.29. The Bertz CT molecular complexity index is 216. The van der Waals surface area contributed by atoms with Gasteiger partial charge < -0.3 is 15.0 Å². The first kappa shape index (κ1) is 9.73. The first-order chi connectivity index (χ1) is 6.75. The van der Waals surface area contributed by atoms with E-state index in [1.54, 1.807) is 11.9 Å². The number of piperazine rings is 1. The van der Waals surface area contributed by atoms with Gasteiger partial charge in [-0.1, -0.05) is 0 Å². The van der Waals surface area contributed by atoms with Crippen molar-refractivity contribution in [3.8, 4) is 0 Å². The Morgan fingerprint density at radius 2 is 2.21 bits per heavy atom. The third kappa shape index (κ3) is 2.16. The van der Waals surface area contributed by atoms with E-state index in [9.17, 15) is 4.79 Å². The molecule has 0 bridgehead atoms. The molecule has 80 valence electrons. The molecule has 0 aromatic heterocycles. The molecule has 2 fully saturated rings. The zero-order chi connectivity index (χ0) is 9.97. The van der Waals surface area contributed by atoms with Crippen LogP contribution in [0.4, 0.5) is 4.79 Å². The number of nitrogens with zero attached hydrogens (tertiary/aromatic N) is 2. The first-order valence-electron chi connectivity index (χ1n) is 5.10. The van der Waals surface area contributed by atoms with E-state index in [-0.39, 0.29) is 12.2 Å². The first-order valence-corrected chi connectivity index (χ1v) is 5.10. The molecule has 0 aromatic rings. The van der Waals surface area contributed by atoms with Crippen LogP contribution in [-0.2, 0) is 4.74 Å². The molecule has 2 rings (SSSR count). The summed E-state index contributed by atoms with van der Waals surface area (Å²) in [5.74, 6) is 0. The summed E-state index contributed by atoms with van der Waals surface area (Å²) < 4.78 is 5.20. The van der Waals surface area contributed by atoms with Gasteiger partial charge in [-0.2, -0.15) is 0 Å². The number of nitrogens with one attached hydrogen (secondary N) is 1. The number of cyclic esters (lactones) is 1. The molecule has 0 saturated carbocycles. The molecule has 0 radical (unpaired) electrons. The van der Waals surface area contributed by atoms with Crippen molar-refractivity contribution >= 4 is 6.09 Å². The summed E-state index contributed by atoms with van der Waals surface area (Å²) in [7, 11) is 1.78. The summed E-state index contributed by atoms with van der Waals surface area (Å²) in [6, 6.07) is 0. The monoisotopic (exact) mass is 199 g/mol. The Labute approximate surface area is 84.0 Å². The van der Waals surface area contributed by atoms with Gasteiger partial charge in [0.25, 0.3) is 0 Å². The Morgan fingerprint density at radius 3 is 2.79 bits per heavy atom. The van der Waals surface area contributed by atoms with Gasteiger partial charge in [-0.05, 0) is 0 Å². The molecular weight excluding hydrogens is 182 g/mol. The van der Waals surface area contributed by atoms with Crippen LogP contribution in [-0.4, -0.2) is 68.3 Å². The van der Waals surface area contributed by atoms with E-state index in [1.807, 2.05) is 0 Å². The number of carbonyl (C=O) groups excluding carboxylic acids is 1. The predicted molar refractivity (Wildman–Crippen MR) is 52.2 cm³/mol. The summed E-state index contributed by atoms with van der Waals surface area (Å²) in [6.45, 7) is 5.78. The van der Waals surface area contributed by atoms with Gasteiger partial charge in [-0.25, -0.2) is 4.79 Å². The second-order valence-corrected chi connectivity index (χ2v) is 3.94. The number of amides is 1. The van der Waals surface area contributed by atoms with Crippen LogP contribution in [0.5, 0.6) is 0 Å². The molecule has 1 atom stereocenters. The number of likely N-dealkylation sites (N-methyl/N-ethyl adjacent to an activating group) is 1. The lowest BCUT2D eigenvalue weighted by molar-refractivity contribution is 0.102. The summed E-state index contributed by atoms with van der Waals surface area (Å²) in [4.78, 5) is 15.1. The highest BCUT2D eigenvalue weighted by Crippen LogP contribution is 2.10. The summed E-state index contributed by atoms with van der Waals surface area (Å²) in [6.07, 6.45) is -0.129. The zero-order valence-electron chi connectivity index (χ0n) is 8.53. The fraction of sp³-hybridized carbons (Fsp3) is 0.889. The predicted octanol–water partition coefficient (Wildman–Crippen LogP) is -0.658. The van der Waals surface area contributed by atoms with E-state index in [2.05, 4.69) is 10.2 Å². The maximum absolute atomic E-state index is 11.1. The molecule has 1 unspecified atom stereocenters. The maximum Gasteiger partial charge on any atom is 0.410 e. The van der Waals surface area contributed by atoms with Gasteiger partial charge in [0.2, 0.25) is 0 Å². The third-order valence-electron chi connectivity index (χ3n) is 2.73. The Balaban J connectivity index is 1.77. The molecule has 2 aliphatic heterocycles. The number of hydrogen-bond donors (Lipinski definition) is 1. The van der Waals surface area contributed by atoms with E-state index < -0.39 is 0 Å². The van der Waals surface area contributed by atoms with E-state index in [0.29, 0.717) is 0 Å². The van der Waals surface area contributed by atoms with Crippen LogP contribution in [0.15, 0.2) is 0 Å². The second kappa shape index (κ2) is 4.14. The molecule has 0 aromatic carbocycles. The molecule has 0 spiro atoms. The van der Waals surface area contributed by atoms with Gasteiger partial charge in [0.05, 0.1) is 6.54 Å².